The SMILES string of the molecule is CCOC(=O)c1c(COC(=O)c2cccs2)nc2ccccc2[n+]1[O-]. The first-order valence-corrected chi connectivity index (χ1v) is 8.38. The lowest BCUT2D eigenvalue weighted by Crippen LogP contribution is -2.39. The molecule has 25 heavy (non-hydrogen) atoms. The summed E-state index contributed by atoms with van der Waals surface area (Å²) in [5.74, 6) is -1.35. The van der Waals surface area contributed by atoms with Crippen molar-refractivity contribution < 1.29 is 23.8 Å². The summed E-state index contributed by atoms with van der Waals surface area (Å²) >= 11 is 1.24. The maximum Gasteiger partial charge on any atom is 0.407 e. The maximum atomic E-state index is 12.6. The molecule has 0 aliphatic heterocycles. The molecular formula is C17H14N2O5S. The zero-order chi connectivity index (χ0) is 17.8. The van der Waals surface area contributed by atoms with E-state index in [2.05, 4.69) is 4.98 Å². The number of thiophene rings is 1. The molecule has 0 bridgehead atoms. The van der Waals surface area contributed by atoms with E-state index in [4.69, 9.17) is 9.47 Å². The molecule has 0 saturated carbocycles. The van der Waals surface area contributed by atoms with Gasteiger partial charge in [-0.05, 0) is 24.4 Å². The van der Waals surface area contributed by atoms with Crippen molar-refractivity contribution >= 4 is 34.3 Å². The van der Waals surface area contributed by atoms with Crippen LogP contribution in [0.25, 0.3) is 11.0 Å². The van der Waals surface area contributed by atoms with E-state index in [1.165, 1.54) is 11.3 Å². The van der Waals surface area contributed by atoms with Crippen LogP contribution in [-0.2, 0) is 16.1 Å². The number of carbonyl (C=O) groups excluding carboxylic acids is 2. The quantitative estimate of drug-likeness (QED) is 0.395. The van der Waals surface area contributed by atoms with E-state index >= 15 is 0 Å². The monoisotopic (exact) mass is 358 g/mol. The summed E-state index contributed by atoms with van der Waals surface area (Å²) in [6.45, 7) is 1.44. The molecule has 0 N–H and O–H groups in total. The second kappa shape index (κ2) is 7.27. The van der Waals surface area contributed by atoms with Crippen molar-refractivity contribution in [3.8, 4) is 0 Å². The zero-order valence-corrected chi connectivity index (χ0v) is 14.1. The minimum absolute atomic E-state index is 0.0528. The highest BCUT2D eigenvalue weighted by molar-refractivity contribution is 7.11. The Morgan fingerprint density at radius 1 is 1.16 bits per heavy atom. The molecule has 0 aliphatic rings. The van der Waals surface area contributed by atoms with E-state index in [1.807, 2.05) is 0 Å². The normalized spacial score (nSPS) is 10.6. The largest absolute Gasteiger partial charge is 0.618 e. The van der Waals surface area contributed by atoms with E-state index in [1.54, 1.807) is 48.7 Å². The number of benzene rings is 1. The number of aromatic nitrogens is 2. The average molecular weight is 358 g/mol. The second-order valence-electron chi connectivity index (χ2n) is 4.96. The lowest BCUT2D eigenvalue weighted by atomic mass is 10.2. The third kappa shape index (κ3) is 3.43. The summed E-state index contributed by atoms with van der Waals surface area (Å²) < 4.78 is 10.6. The highest BCUT2D eigenvalue weighted by Gasteiger charge is 2.28. The molecule has 7 nitrogen and oxygen atoms in total. The second-order valence-corrected chi connectivity index (χ2v) is 5.91. The van der Waals surface area contributed by atoms with E-state index in [-0.39, 0.29) is 30.1 Å². The molecule has 3 rings (SSSR count). The molecule has 0 spiro atoms. The molecule has 0 saturated heterocycles. The summed E-state index contributed by atoms with van der Waals surface area (Å²) in [6.07, 6.45) is 0. The molecule has 0 radical (unpaired) electrons. The summed E-state index contributed by atoms with van der Waals surface area (Å²) in [6, 6.07) is 9.94. The fourth-order valence-electron chi connectivity index (χ4n) is 2.27. The van der Waals surface area contributed by atoms with Gasteiger partial charge in [0.15, 0.2) is 5.69 Å². The minimum Gasteiger partial charge on any atom is -0.618 e. The van der Waals surface area contributed by atoms with Crippen molar-refractivity contribution in [3.05, 3.63) is 63.3 Å². The molecule has 0 amide bonds. The molecular weight excluding hydrogens is 344 g/mol. The maximum absolute atomic E-state index is 12.6. The lowest BCUT2D eigenvalue weighted by molar-refractivity contribution is -0.581. The van der Waals surface area contributed by atoms with Crippen molar-refractivity contribution in [1.82, 2.24) is 4.98 Å². The first-order valence-electron chi connectivity index (χ1n) is 7.50. The van der Waals surface area contributed by atoms with Crippen LogP contribution < -0.4 is 4.73 Å². The Balaban J connectivity index is 1.98. The number of para-hydroxylation sites is 2. The van der Waals surface area contributed by atoms with Crippen molar-refractivity contribution in [2.24, 2.45) is 0 Å². The number of carbonyl (C=O) groups is 2. The lowest BCUT2D eigenvalue weighted by Gasteiger charge is -2.11. The molecule has 3 aromatic rings. The summed E-state index contributed by atoms with van der Waals surface area (Å²) in [5, 5.41) is 14.3. The number of nitrogens with zero attached hydrogens (tertiary/aromatic N) is 2. The van der Waals surface area contributed by atoms with E-state index in [0.717, 1.165) is 0 Å². The van der Waals surface area contributed by atoms with Gasteiger partial charge in [-0.3, -0.25) is 0 Å². The Hall–Kier alpha value is -3.00. The summed E-state index contributed by atoms with van der Waals surface area (Å²) in [7, 11) is 0. The van der Waals surface area contributed by atoms with Crippen LogP contribution in [0.15, 0.2) is 41.8 Å². The first-order chi connectivity index (χ1) is 12.1. The average Bonchev–Trinajstić information content (AvgIpc) is 3.14. The number of esters is 2. The Morgan fingerprint density at radius 2 is 1.96 bits per heavy atom. The van der Waals surface area contributed by atoms with Crippen molar-refractivity contribution in [1.29, 1.82) is 0 Å². The van der Waals surface area contributed by atoms with Crippen LogP contribution in [0.4, 0.5) is 0 Å². The van der Waals surface area contributed by atoms with E-state index in [0.29, 0.717) is 15.1 Å². The van der Waals surface area contributed by atoms with Crippen LogP contribution in [-0.4, -0.2) is 23.5 Å². The van der Waals surface area contributed by atoms with Gasteiger partial charge in [-0.2, -0.15) is 4.73 Å². The Morgan fingerprint density at radius 3 is 2.68 bits per heavy atom. The first kappa shape index (κ1) is 16.8. The molecule has 0 atom stereocenters. The van der Waals surface area contributed by atoms with Crippen LogP contribution in [0.1, 0.15) is 32.8 Å². The van der Waals surface area contributed by atoms with E-state index in [9.17, 15) is 14.8 Å². The number of ether oxygens (including phenoxy) is 2. The van der Waals surface area contributed by atoms with Gasteiger partial charge in [0.1, 0.15) is 17.0 Å². The van der Waals surface area contributed by atoms with Crippen molar-refractivity contribution in [3.63, 3.8) is 0 Å². The van der Waals surface area contributed by atoms with Crippen LogP contribution in [0.2, 0.25) is 0 Å². The fraction of sp³-hybridized carbons (Fsp3) is 0.176. The summed E-state index contributed by atoms with van der Waals surface area (Å²) in [5.41, 5.74) is 0.406. The molecule has 1 aromatic carbocycles. The van der Waals surface area contributed by atoms with Crippen LogP contribution in [0.3, 0.4) is 0 Å². The van der Waals surface area contributed by atoms with Gasteiger partial charge in [-0.25, -0.2) is 14.6 Å². The van der Waals surface area contributed by atoms with Crippen molar-refractivity contribution in [2.45, 2.75) is 13.5 Å². The summed E-state index contributed by atoms with van der Waals surface area (Å²) in [4.78, 5) is 28.9. The minimum atomic E-state index is -0.807. The molecule has 0 fully saturated rings. The Bertz CT molecular complexity index is 924. The standard InChI is InChI=1S/C17H14N2O5S/c1-2-23-17(21)15-12(10-24-16(20)14-8-5-9-25-14)18-11-6-3-4-7-13(11)19(15)22/h3-9H,2,10H2,1H3. The van der Waals surface area contributed by atoms with Gasteiger partial charge in [0, 0.05) is 6.07 Å². The number of hydrogen-bond donors (Lipinski definition) is 0. The van der Waals surface area contributed by atoms with Gasteiger partial charge in [0.25, 0.3) is 0 Å². The topological polar surface area (TPSA) is 92.4 Å². The van der Waals surface area contributed by atoms with Gasteiger partial charge in [-0.15, -0.1) is 11.3 Å². The van der Waals surface area contributed by atoms with Gasteiger partial charge in [0.05, 0.1) is 6.61 Å². The number of hydrogen-bond acceptors (Lipinski definition) is 7. The Kier molecular flexibility index (Phi) is 4.90. The van der Waals surface area contributed by atoms with Gasteiger partial charge in [-0.1, -0.05) is 18.2 Å². The highest BCUT2D eigenvalue weighted by atomic mass is 32.1. The number of fused-ring (bicyclic) bond motifs is 1. The Labute approximate surface area is 147 Å². The van der Waals surface area contributed by atoms with Crippen LogP contribution >= 0.6 is 11.3 Å². The number of rotatable bonds is 5. The molecule has 0 unspecified atom stereocenters. The van der Waals surface area contributed by atoms with Gasteiger partial charge >= 0.3 is 17.6 Å². The molecule has 128 valence electrons. The van der Waals surface area contributed by atoms with Crippen molar-refractivity contribution in [2.75, 3.05) is 6.61 Å². The molecule has 0 aliphatic carbocycles. The predicted molar refractivity (Wildman–Crippen MR) is 90.1 cm³/mol. The van der Waals surface area contributed by atoms with Gasteiger partial charge < -0.3 is 14.7 Å². The third-order valence-corrected chi connectivity index (χ3v) is 4.21. The fourth-order valence-corrected chi connectivity index (χ4v) is 2.88. The predicted octanol–water partition coefficient (Wildman–Crippen LogP) is 2.46. The third-order valence-electron chi connectivity index (χ3n) is 3.36. The van der Waals surface area contributed by atoms with E-state index < -0.39 is 11.9 Å². The molecule has 8 heteroatoms. The molecule has 2 heterocycles. The van der Waals surface area contributed by atoms with Crippen LogP contribution in [0.5, 0.6) is 0 Å². The molecule has 2 aromatic heterocycles. The van der Waals surface area contributed by atoms with Gasteiger partial charge in [0.2, 0.25) is 5.52 Å². The highest BCUT2D eigenvalue weighted by Crippen LogP contribution is 2.15. The van der Waals surface area contributed by atoms with Crippen LogP contribution in [0, 0.1) is 5.21 Å². The smallest absolute Gasteiger partial charge is 0.407 e. The zero-order valence-electron chi connectivity index (χ0n) is 13.3.